The number of hydrogen-bond donors (Lipinski definition) is 2. The second kappa shape index (κ2) is 9.91. The molecule has 0 aromatic heterocycles. The molecule has 5 nitrogen and oxygen atoms in total. The predicted octanol–water partition coefficient (Wildman–Crippen LogP) is 5.05. The third-order valence-corrected chi connectivity index (χ3v) is 4.50. The van der Waals surface area contributed by atoms with Crippen LogP contribution >= 0.6 is 23.8 Å². The van der Waals surface area contributed by atoms with Crippen molar-refractivity contribution < 1.29 is 14.3 Å². The molecular formula is C22H19ClN2O3S. The Bertz CT molecular complexity index is 992. The van der Waals surface area contributed by atoms with Crippen LogP contribution in [0.2, 0.25) is 5.02 Å². The summed E-state index contributed by atoms with van der Waals surface area (Å²) in [7, 11) is 1.60. The van der Waals surface area contributed by atoms with Crippen LogP contribution in [-0.2, 0) is 6.61 Å². The number of thiocarbonyl (C=S) groups is 1. The second-order valence-electron chi connectivity index (χ2n) is 6.04. The first kappa shape index (κ1) is 20.6. The second-order valence-corrected chi connectivity index (χ2v) is 6.88. The minimum atomic E-state index is -0.314. The molecule has 0 radical (unpaired) electrons. The molecule has 3 aromatic carbocycles. The van der Waals surface area contributed by atoms with Crippen LogP contribution in [-0.4, -0.2) is 18.1 Å². The van der Waals surface area contributed by atoms with Gasteiger partial charge in [-0.15, -0.1) is 0 Å². The number of rotatable bonds is 6. The molecule has 0 spiro atoms. The Balaban J connectivity index is 1.62. The fraction of sp³-hybridized carbons (Fsp3) is 0.0909. The summed E-state index contributed by atoms with van der Waals surface area (Å²) in [6, 6.07) is 21.5. The summed E-state index contributed by atoms with van der Waals surface area (Å²) in [6.45, 7) is 0.240. The highest BCUT2D eigenvalue weighted by Crippen LogP contribution is 2.18. The molecule has 3 aromatic rings. The van der Waals surface area contributed by atoms with E-state index in [-0.39, 0.29) is 17.6 Å². The van der Waals surface area contributed by atoms with Gasteiger partial charge in [0.25, 0.3) is 5.91 Å². The topological polar surface area (TPSA) is 59.6 Å². The molecule has 0 unspecified atom stereocenters. The van der Waals surface area contributed by atoms with Crippen molar-refractivity contribution in [2.45, 2.75) is 6.61 Å². The summed E-state index contributed by atoms with van der Waals surface area (Å²) >= 11 is 11.1. The van der Waals surface area contributed by atoms with Crippen LogP contribution < -0.4 is 20.1 Å². The van der Waals surface area contributed by atoms with Gasteiger partial charge >= 0.3 is 0 Å². The summed E-state index contributed by atoms with van der Waals surface area (Å²) in [5.74, 6) is 1.09. The number of carbonyl (C=O) groups is 1. The van der Waals surface area contributed by atoms with E-state index in [1.807, 2.05) is 24.3 Å². The number of hydrogen-bond acceptors (Lipinski definition) is 4. The van der Waals surface area contributed by atoms with Crippen LogP contribution in [0.15, 0.2) is 72.8 Å². The number of carbonyl (C=O) groups excluding carboxylic acids is 1. The zero-order chi connectivity index (χ0) is 20.6. The van der Waals surface area contributed by atoms with Gasteiger partial charge in [-0.05, 0) is 66.8 Å². The summed E-state index contributed by atoms with van der Waals surface area (Å²) in [6.07, 6.45) is 0. The van der Waals surface area contributed by atoms with E-state index in [1.54, 1.807) is 55.6 Å². The standard InChI is InChI=1S/C22H19ClN2O3S/c1-27-18-12-8-17(9-13-18)24-22(29)25-21(26)20-5-3-2-4-15(20)14-28-19-10-6-16(23)7-11-19/h2-13H,14H2,1H3,(H2,24,25,26,29). The number of nitrogens with one attached hydrogen (secondary N) is 2. The molecule has 3 rings (SSSR count). The van der Waals surface area contributed by atoms with Crippen LogP contribution in [0.5, 0.6) is 11.5 Å². The molecule has 0 atom stereocenters. The molecule has 148 valence electrons. The van der Waals surface area contributed by atoms with E-state index in [2.05, 4.69) is 10.6 Å². The van der Waals surface area contributed by atoms with Gasteiger partial charge < -0.3 is 14.8 Å². The third-order valence-electron chi connectivity index (χ3n) is 4.04. The molecule has 29 heavy (non-hydrogen) atoms. The zero-order valence-corrected chi connectivity index (χ0v) is 17.2. The average Bonchev–Trinajstić information content (AvgIpc) is 2.74. The van der Waals surface area contributed by atoms with E-state index in [1.165, 1.54) is 0 Å². The van der Waals surface area contributed by atoms with E-state index < -0.39 is 0 Å². The monoisotopic (exact) mass is 426 g/mol. The van der Waals surface area contributed by atoms with Gasteiger partial charge in [-0.3, -0.25) is 10.1 Å². The van der Waals surface area contributed by atoms with Crippen molar-refractivity contribution in [3.8, 4) is 11.5 Å². The predicted molar refractivity (Wildman–Crippen MR) is 119 cm³/mol. The van der Waals surface area contributed by atoms with Crippen LogP contribution in [0.4, 0.5) is 5.69 Å². The SMILES string of the molecule is COc1ccc(NC(=S)NC(=O)c2ccccc2COc2ccc(Cl)cc2)cc1. The molecule has 0 saturated carbocycles. The zero-order valence-electron chi connectivity index (χ0n) is 15.6. The fourth-order valence-electron chi connectivity index (χ4n) is 2.57. The molecule has 7 heteroatoms. The maximum Gasteiger partial charge on any atom is 0.257 e. The largest absolute Gasteiger partial charge is 0.497 e. The van der Waals surface area contributed by atoms with Crippen molar-refractivity contribution >= 4 is 40.5 Å². The normalized spacial score (nSPS) is 10.1. The highest BCUT2D eigenvalue weighted by atomic mass is 35.5. The molecule has 2 N–H and O–H groups in total. The van der Waals surface area contributed by atoms with Crippen molar-refractivity contribution in [3.05, 3.63) is 88.9 Å². The molecule has 0 aliphatic heterocycles. The Morgan fingerprint density at radius 2 is 1.62 bits per heavy atom. The molecule has 0 saturated heterocycles. The number of amides is 1. The fourth-order valence-corrected chi connectivity index (χ4v) is 2.90. The number of benzene rings is 3. The summed E-state index contributed by atoms with van der Waals surface area (Å²) in [5.41, 5.74) is 1.97. The van der Waals surface area contributed by atoms with Gasteiger partial charge in [0.2, 0.25) is 0 Å². The Kier molecular flexibility index (Phi) is 7.05. The molecule has 0 aliphatic rings. The average molecular weight is 427 g/mol. The lowest BCUT2D eigenvalue weighted by Gasteiger charge is -2.13. The first-order valence-electron chi connectivity index (χ1n) is 8.78. The van der Waals surface area contributed by atoms with Gasteiger partial charge in [-0.1, -0.05) is 29.8 Å². The maximum absolute atomic E-state index is 12.7. The van der Waals surface area contributed by atoms with Crippen molar-refractivity contribution in [1.29, 1.82) is 0 Å². The minimum absolute atomic E-state index is 0.202. The lowest BCUT2D eigenvalue weighted by atomic mass is 10.1. The third kappa shape index (κ3) is 5.94. The molecule has 1 amide bonds. The van der Waals surface area contributed by atoms with Crippen molar-refractivity contribution in [3.63, 3.8) is 0 Å². The molecular weight excluding hydrogens is 408 g/mol. The highest BCUT2D eigenvalue weighted by molar-refractivity contribution is 7.80. The molecule has 0 fully saturated rings. The van der Waals surface area contributed by atoms with E-state index in [4.69, 9.17) is 33.3 Å². The molecule has 0 bridgehead atoms. The van der Waals surface area contributed by atoms with Gasteiger partial charge in [-0.25, -0.2) is 0 Å². The van der Waals surface area contributed by atoms with Crippen LogP contribution in [0.3, 0.4) is 0 Å². The first-order chi connectivity index (χ1) is 14.0. The quantitative estimate of drug-likeness (QED) is 0.540. The summed E-state index contributed by atoms with van der Waals surface area (Å²) in [4.78, 5) is 12.7. The Hall–Kier alpha value is -3.09. The minimum Gasteiger partial charge on any atom is -0.497 e. The smallest absolute Gasteiger partial charge is 0.257 e. The number of halogens is 1. The number of ether oxygens (including phenoxy) is 2. The Morgan fingerprint density at radius 3 is 2.31 bits per heavy atom. The Morgan fingerprint density at radius 1 is 0.966 bits per heavy atom. The van der Waals surface area contributed by atoms with E-state index in [0.29, 0.717) is 16.3 Å². The van der Waals surface area contributed by atoms with Crippen LogP contribution in [0.1, 0.15) is 15.9 Å². The van der Waals surface area contributed by atoms with Gasteiger partial charge in [-0.2, -0.15) is 0 Å². The number of methoxy groups -OCH3 is 1. The van der Waals surface area contributed by atoms with E-state index in [9.17, 15) is 4.79 Å². The van der Waals surface area contributed by atoms with E-state index >= 15 is 0 Å². The molecule has 0 aliphatic carbocycles. The molecule has 0 heterocycles. The van der Waals surface area contributed by atoms with Crippen molar-refractivity contribution in [2.75, 3.05) is 12.4 Å². The van der Waals surface area contributed by atoms with Crippen LogP contribution in [0, 0.1) is 0 Å². The lowest BCUT2D eigenvalue weighted by molar-refractivity contribution is 0.0975. The van der Waals surface area contributed by atoms with Gasteiger partial charge in [0.05, 0.1) is 7.11 Å². The highest BCUT2D eigenvalue weighted by Gasteiger charge is 2.13. The van der Waals surface area contributed by atoms with Crippen LogP contribution in [0.25, 0.3) is 0 Å². The number of anilines is 1. The first-order valence-corrected chi connectivity index (χ1v) is 9.56. The summed E-state index contributed by atoms with van der Waals surface area (Å²) < 4.78 is 10.9. The van der Waals surface area contributed by atoms with Gasteiger partial charge in [0.15, 0.2) is 5.11 Å². The summed E-state index contributed by atoms with van der Waals surface area (Å²) in [5, 5.41) is 6.51. The van der Waals surface area contributed by atoms with E-state index in [0.717, 1.165) is 17.0 Å². The Labute approximate surface area is 179 Å². The van der Waals surface area contributed by atoms with Gasteiger partial charge in [0.1, 0.15) is 18.1 Å². The van der Waals surface area contributed by atoms with Crippen molar-refractivity contribution in [1.82, 2.24) is 5.32 Å². The van der Waals surface area contributed by atoms with Gasteiger partial charge in [0, 0.05) is 21.8 Å². The van der Waals surface area contributed by atoms with Crippen molar-refractivity contribution in [2.24, 2.45) is 0 Å². The lowest BCUT2D eigenvalue weighted by Crippen LogP contribution is -2.34. The maximum atomic E-state index is 12.7.